The summed E-state index contributed by atoms with van der Waals surface area (Å²) in [4.78, 5) is 40.1. The molecule has 4 aliphatic rings. The number of hydrogen-bond acceptors (Lipinski definition) is 7. The number of aliphatic hydroxyl groups is 1. The fourth-order valence-electron chi connectivity index (χ4n) is 4.75. The number of aliphatic hydroxyl groups excluding tert-OH is 1. The minimum Gasteiger partial charge on any atom is -0.477 e. The van der Waals surface area contributed by atoms with Crippen molar-refractivity contribution < 1.29 is 24.6 Å². The van der Waals surface area contributed by atoms with Gasteiger partial charge in [0.2, 0.25) is 5.91 Å². The van der Waals surface area contributed by atoms with Crippen LogP contribution in [0.2, 0.25) is 0 Å². The Hall–Kier alpha value is -1.45. The Kier molecular flexibility index (Phi) is 5.74. The van der Waals surface area contributed by atoms with E-state index < -0.39 is 18.0 Å². The Labute approximate surface area is 184 Å². The van der Waals surface area contributed by atoms with Gasteiger partial charge < -0.3 is 15.1 Å². The second-order valence-electron chi connectivity index (χ2n) is 9.25. The molecule has 4 rings (SSSR count). The quantitative estimate of drug-likeness (QED) is 0.594. The van der Waals surface area contributed by atoms with Crippen LogP contribution in [0, 0.1) is 11.3 Å². The average Bonchev–Trinajstić information content (AvgIpc) is 3.23. The lowest BCUT2D eigenvalue weighted by molar-refractivity contribution is -0.157. The normalized spacial score (nSPS) is 31.6. The van der Waals surface area contributed by atoms with Gasteiger partial charge in [0.05, 0.1) is 16.3 Å². The van der Waals surface area contributed by atoms with Crippen molar-refractivity contribution in [3.05, 3.63) is 21.7 Å². The summed E-state index contributed by atoms with van der Waals surface area (Å²) in [5, 5.41) is 19.8. The summed E-state index contributed by atoms with van der Waals surface area (Å²) in [6, 6.07) is 0. The molecule has 0 saturated carbocycles. The van der Waals surface area contributed by atoms with Crippen LogP contribution in [-0.4, -0.2) is 67.5 Å². The number of nitrogens with zero attached hydrogens (tertiary/aromatic N) is 2. The van der Waals surface area contributed by atoms with E-state index in [9.17, 15) is 24.6 Å². The van der Waals surface area contributed by atoms with E-state index in [4.69, 9.17) is 0 Å². The summed E-state index contributed by atoms with van der Waals surface area (Å²) in [7, 11) is 0. The summed E-state index contributed by atoms with van der Waals surface area (Å²) in [5.74, 6) is -1.75. The highest BCUT2D eigenvalue weighted by Gasteiger charge is 2.58. The number of likely N-dealkylation sites (tertiary alicyclic amines) is 1. The number of ketones is 1. The highest BCUT2D eigenvalue weighted by Crippen LogP contribution is 2.55. The number of carboxylic acid groups (broad SMARTS) is 1. The monoisotopic (exact) mass is 452 g/mol. The molecule has 3 heterocycles. The van der Waals surface area contributed by atoms with Crippen molar-refractivity contribution in [1.29, 1.82) is 0 Å². The first kappa shape index (κ1) is 21.8. The van der Waals surface area contributed by atoms with Gasteiger partial charge in [-0.25, -0.2) is 4.79 Å². The zero-order chi connectivity index (χ0) is 21.8. The molecule has 0 spiro atoms. The second kappa shape index (κ2) is 7.91. The van der Waals surface area contributed by atoms with E-state index >= 15 is 0 Å². The van der Waals surface area contributed by atoms with Gasteiger partial charge in [0, 0.05) is 36.5 Å². The van der Waals surface area contributed by atoms with Crippen LogP contribution in [0.15, 0.2) is 21.7 Å². The van der Waals surface area contributed by atoms with Crippen molar-refractivity contribution in [2.45, 2.75) is 63.2 Å². The lowest BCUT2D eigenvalue weighted by Gasteiger charge is -2.44. The SMILES string of the molecule is CC[C@H](O)[C@@H]1C(=O)N2C(C(=O)O)=C(SC3CCN(C4=CC(=O)CC(C)(C)C4)C3)S[C@H]12. The van der Waals surface area contributed by atoms with Crippen LogP contribution in [0.25, 0.3) is 0 Å². The maximum Gasteiger partial charge on any atom is 0.354 e. The summed E-state index contributed by atoms with van der Waals surface area (Å²) in [6.07, 6.45) is 3.83. The smallest absolute Gasteiger partial charge is 0.354 e. The topological polar surface area (TPSA) is 98.2 Å². The van der Waals surface area contributed by atoms with Crippen molar-refractivity contribution in [2.75, 3.05) is 13.1 Å². The molecule has 0 bridgehead atoms. The second-order valence-corrected chi connectivity index (χ2v) is 11.9. The number of aliphatic carboxylic acids is 1. The Morgan fingerprint density at radius 1 is 1.37 bits per heavy atom. The molecule has 2 fully saturated rings. The van der Waals surface area contributed by atoms with Crippen molar-refractivity contribution >= 4 is 41.2 Å². The molecule has 164 valence electrons. The van der Waals surface area contributed by atoms with Crippen LogP contribution in [0.1, 0.15) is 46.5 Å². The van der Waals surface area contributed by atoms with E-state index in [1.54, 1.807) is 6.08 Å². The Morgan fingerprint density at radius 2 is 2.10 bits per heavy atom. The molecule has 2 saturated heterocycles. The molecule has 0 aromatic rings. The van der Waals surface area contributed by atoms with Gasteiger partial charge >= 0.3 is 5.97 Å². The number of carboxylic acids is 1. The number of hydrogen-bond donors (Lipinski definition) is 2. The maximum absolute atomic E-state index is 12.5. The fourth-order valence-corrected chi connectivity index (χ4v) is 8.03. The van der Waals surface area contributed by atoms with Crippen LogP contribution in [0.5, 0.6) is 0 Å². The molecule has 0 radical (unpaired) electrons. The van der Waals surface area contributed by atoms with E-state index in [0.29, 0.717) is 17.1 Å². The molecule has 4 atom stereocenters. The number of β-lactam (4-membered cyclic amide) rings is 1. The minimum absolute atomic E-state index is 0.0331. The number of carbonyl (C=O) groups is 3. The van der Waals surface area contributed by atoms with Crippen LogP contribution in [-0.2, 0) is 14.4 Å². The van der Waals surface area contributed by atoms with Crippen LogP contribution in [0.3, 0.4) is 0 Å². The number of fused-ring (bicyclic) bond motifs is 1. The molecule has 2 N–H and O–H groups in total. The minimum atomic E-state index is -1.09. The Bertz CT molecular complexity index is 852. The highest BCUT2D eigenvalue weighted by molar-refractivity contribution is 8.23. The number of carbonyl (C=O) groups excluding carboxylic acids is 2. The average molecular weight is 453 g/mol. The molecule has 3 aliphatic heterocycles. The standard InChI is InChI=1S/C21H28N2O5S2/c1-4-14(25)15-17(26)23-16(19(27)28)20(30-18(15)23)29-13-5-6-22(10-13)11-7-12(24)9-21(2,3)8-11/h7,13-15,18,25H,4-6,8-10H2,1-3H3,(H,27,28)/t13?,14-,15+,18+/m0/s1. The summed E-state index contributed by atoms with van der Waals surface area (Å²) < 4.78 is 0.660. The van der Waals surface area contributed by atoms with Gasteiger partial charge in [0.1, 0.15) is 5.37 Å². The van der Waals surface area contributed by atoms with E-state index in [-0.39, 0.29) is 33.4 Å². The molecule has 9 heteroatoms. The number of allylic oxidation sites excluding steroid dienone is 2. The van der Waals surface area contributed by atoms with Gasteiger partial charge in [-0.3, -0.25) is 14.5 Å². The van der Waals surface area contributed by atoms with Crippen LogP contribution < -0.4 is 0 Å². The zero-order valence-electron chi connectivity index (χ0n) is 17.5. The van der Waals surface area contributed by atoms with Crippen molar-refractivity contribution in [3.8, 4) is 0 Å². The zero-order valence-corrected chi connectivity index (χ0v) is 19.1. The van der Waals surface area contributed by atoms with Gasteiger partial charge in [-0.15, -0.1) is 11.8 Å². The first-order valence-electron chi connectivity index (χ1n) is 10.4. The number of thioether (sulfide) groups is 2. The largest absolute Gasteiger partial charge is 0.477 e. The van der Waals surface area contributed by atoms with E-state index in [0.717, 1.165) is 31.6 Å². The lowest BCUT2D eigenvalue weighted by Crippen LogP contribution is -2.61. The van der Waals surface area contributed by atoms with Gasteiger partial charge in [-0.2, -0.15) is 0 Å². The van der Waals surface area contributed by atoms with E-state index in [1.807, 2.05) is 6.92 Å². The summed E-state index contributed by atoms with van der Waals surface area (Å²) in [5.41, 5.74) is 1.11. The third kappa shape index (κ3) is 3.80. The third-order valence-corrected chi connectivity index (χ3v) is 9.10. The van der Waals surface area contributed by atoms with Gasteiger partial charge in [0.15, 0.2) is 11.5 Å². The van der Waals surface area contributed by atoms with E-state index in [2.05, 4.69) is 18.7 Å². The maximum atomic E-state index is 12.5. The van der Waals surface area contributed by atoms with Crippen LogP contribution in [0.4, 0.5) is 0 Å². The predicted molar refractivity (Wildman–Crippen MR) is 116 cm³/mol. The Balaban J connectivity index is 1.45. The molecular formula is C21H28N2O5S2. The first-order chi connectivity index (χ1) is 14.1. The fraction of sp³-hybridized carbons (Fsp3) is 0.667. The summed E-state index contributed by atoms with van der Waals surface area (Å²) in [6.45, 7) is 7.65. The number of rotatable bonds is 6. The molecule has 1 amide bonds. The van der Waals surface area contributed by atoms with Gasteiger partial charge in [-0.1, -0.05) is 32.5 Å². The third-order valence-electron chi connectivity index (χ3n) is 6.25. The number of amides is 1. The van der Waals surface area contributed by atoms with Crippen molar-refractivity contribution in [2.24, 2.45) is 11.3 Å². The lowest BCUT2D eigenvalue weighted by atomic mass is 9.78. The molecule has 1 unspecified atom stereocenters. The highest BCUT2D eigenvalue weighted by atomic mass is 32.2. The molecule has 7 nitrogen and oxygen atoms in total. The molecule has 1 aliphatic carbocycles. The predicted octanol–water partition coefficient (Wildman–Crippen LogP) is 2.62. The van der Waals surface area contributed by atoms with Crippen molar-refractivity contribution in [1.82, 2.24) is 9.80 Å². The molecular weight excluding hydrogens is 424 g/mol. The van der Waals surface area contributed by atoms with Gasteiger partial charge in [0.25, 0.3) is 0 Å². The molecule has 0 aromatic carbocycles. The van der Waals surface area contributed by atoms with Crippen LogP contribution >= 0.6 is 23.5 Å². The van der Waals surface area contributed by atoms with Crippen molar-refractivity contribution in [3.63, 3.8) is 0 Å². The summed E-state index contributed by atoms with van der Waals surface area (Å²) >= 11 is 2.92. The first-order valence-corrected chi connectivity index (χ1v) is 12.2. The molecule has 30 heavy (non-hydrogen) atoms. The van der Waals surface area contributed by atoms with E-state index in [1.165, 1.54) is 28.4 Å². The molecule has 0 aromatic heterocycles. The van der Waals surface area contributed by atoms with Gasteiger partial charge in [-0.05, 0) is 24.7 Å². The Morgan fingerprint density at radius 3 is 2.73 bits per heavy atom.